The second-order valence-electron chi connectivity index (χ2n) is 10.8. The average molecular weight is 697 g/mol. The third kappa shape index (κ3) is 8.71. The number of anilines is 1. The Morgan fingerprint density at radius 3 is 2.14 bits per heavy atom. The lowest BCUT2D eigenvalue weighted by Gasteiger charge is -2.34. The molecule has 0 aliphatic heterocycles. The van der Waals surface area contributed by atoms with Crippen molar-refractivity contribution in [2.75, 3.05) is 10.8 Å². The molecule has 2 amide bonds. The molecule has 0 bridgehead atoms. The molecule has 4 aromatic carbocycles. The molecule has 1 N–H and O–H groups in total. The van der Waals surface area contributed by atoms with Gasteiger partial charge < -0.3 is 10.2 Å². The number of amides is 2. The third-order valence-electron chi connectivity index (χ3n) is 6.94. The first-order valence-corrected chi connectivity index (χ1v) is 16.8. The minimum absolute atomic E-state index is 0.00551. The van der Waals surface area contributed by atoms with E-state index >= 15 is 0 Å². The molecule has 0 saturated heterocycles. The van der Waals surface area contributed by atoms with Gasteiger partial charge in [0.1, 0.15) is 12.6 Å². The minimum Gasteiger partial charge on any atom is -0.352 e. The number of hydrogen-bond donors (Lipinski definition) is 1. The maximum Gasteiger partial charge on any atom is 0.264 e. The number of halogens is 2. The lowest BCUT2D eigenvalue weighted by atomic mass is 10.0. The number of carbonyl (C=O) groups excluding carboxylic acids is 2. The number of carbonyl (C=O) groups is 2. The predicted octanol–water partition coefficient (Wildman–Crippen LogP) is 6.77. The van der Waals surface area contributed by atoms with Crippen molar-refractivity contribution < 1.29 is 18.0 Å². The number of nitrogens with one attached hydrogen (secondary N) is 1. The van der Waals surface area contributed by atoms with Gasteiger partial charge in [-0.25, -0.2) is 8.42 Å². The fraction of sp³-hybridized carbons (Fsp3) is 0.235. The van der Waals surface area contributed by atoms with Gasteiger partial charge in [-0.2, -0.15) is 0 Å². The zero-order valence-electron chi connectivity index (χ0n) is 24.8. The van der Waals surface area contributed by atoms with Crippen LogP contribution in [0.2, 0.25) is 5.02 Å². The van der Waals surface area contributed by atoms with E-state index in [2.05, 4.69) is 21.2 Å². The van der Waals surface area contributed by atoms with Gasteiger partial charge in [-0.3, -0.25) is 13.9 Å². The highest BCUT2D eigenvalue weighted by Gasteiger charge is 2.34. The van der Waals surface area contributed by atoms with Gasteiger partial charge >= 0.3 is 0 Å². The Kier molecular flexibility index (Phi) is 11.2. The summed E-state index contributed by atoms with van der Waals surface area (Å²) in [5, 5.41) is 3.35. The van der Waals surface area contributed by atoms with Crippen molar-refractivity contribution in [1.29, 1.82) is 0 Å². The van der Waals surface area contributed by atoms with E-state index in [-0.39, 0.29) is 29.8 Å². The molecule has 4 aromatic rings. The Bertz CT molecular complexity index is 1680. The molecule has 230 valence electrons. The molecule has 44 heavy (non-hydrogen) atoms. The summed E-state index contributed by atoms with van der Waals surface area (Å²) in [5.74, 6) is -0.844. The molecule has 0 aliphatic carbocycles. The number of hydrogen-bond acceptors (Lipinski definition) is 4. The van der Waals surface area contributed by atoms with Gasteiger partial charge in [-0.1, -0.05) is 82.1 Å². The summed E-state index contributed by atoms with van der Waals surface area (Å²) in [6.45, 7) is 5.14. The van der Waals surface area contributed by atoms with Gasteiger partial charge in [0.15, 0.2) is 0 Å². The van der Waals surface area contributed by atoms with Crippen LogP contribution in [0.5, 0.6) is 0 Å². The van der Waals surface area contributed by atoms with Crippen LogP contribution in [0, 0.1) is 6.92 Å². The Hall–Kier alpha value is -3.66. The fourth-order valence-corrected chi connectivity index (χ4v) is 6.56. The summed E-state index contributed by atoms with van der Waals surface area (Å²) < 4.78 is 30.1. The summed E-state index contributed by atoms with van der Waals surface area (Å²) in [7, 11) is -4.20. The number of rotatable bonds is 12. The smallest absolute Gasteiger partial charge is 0.264 e. The van der Waals surface area contributed by atoms with Crippen LogP contribution in [-0.4, -0.2) is 43.8 Å². The predicted molar refractivity (Wildman–Crippen MR) is 179 cm³/mol. The zero-order chi connectivity index (χ0) is 31.9. The lowest BCUT2D eigenvalue weighted by Crippen LogP contribution is -2.54. The van der Waals surface area contributed by atoms with Crippen molar-refractivity contribution >= 4 is 55.1 Å². The van der Waals surface area contributed by atoms with Gasteiger partial charge in [0, 0.05) is 28.5 Å². The van der Waals surface area contributed by atoms with Crippen LogP contribution in [-0.2, 0) is 32.6 Å². The van der Waals surface area contributed by atoms with Crippen LogP contribution < -0.4 is 9.62 Å². The second kappa shape index (κ2) is 14.9. The molecule has 0 radical (unpaired) electrons. The fourth-order valence-electron chi connectivity index (χ4n) is 4.77. The zero-order valence-corrected chi connectivity index (χ0v) is 27.9. The highest BCUT2D eigenvalue weighted by atomic mass is 79.9. The van der Waals surface area contributed by atoms with E-state index in [0.717, 1.165) is 25.5 Å². The summed E-state index contributed by atoms with van der Waals surface area (Å²) >= 11 is 9.50. The van der Waals surface area contributed by atoms with Crippen LogP contribution in [0.1, 0.15) is 30.5 Å². The Morgan fingerprint density at radius 1 is 0.864 bits per heavy atom. The summed E-state index contributed by atoms with van der Waals surface area (Å²) in [5.41, 5.74) is 2.83. The maximum atomic E-state index is 14.4. The van der Waals surface area contributed by atoms with Crippen LogP contribution in [0.15, 0.2) is 112 Å². The molecule has 1 atom stereocenters. The van der Waals surface area contributed by atoms with Crippen LogP contribution in [0.25, 0.3) is 0 Å². The van der Waals surface area contributed by atoms with E-state index in [9.17, 15) is 18.0 Å². The van der Waals surface area contributed by atoms with Gasteiger partial charge in [0.05, 0.1) is 10.6 Å². The average Bonchev–Trinajstić information content (AvgIpc) is 2.98. The Labute approximate surface area is 273 Å². The molecule has 4 rings (SSSR count). The molecular weight excluding hydrogens is 662 g/mol. The van der Waals surface area contributed by atoms with Gasteiger partial charge in [0.25, 0.3) is 10.0 Å². The van der Waals surface area contributed by atoms with Gasteiger partial charge in [0.2, 0.25) is 11.8 Å². The highest BCUT2D eigenvalue weighted by Crippen LogP contribution is 2.27. The molecule has 0 spiro atoms. The van der Waals surface area contributed by atoms with E-state index < -0.39 is 28.5 Å². The molecule has 0 saturated carbocycles. The number of benzene rings is 4. The summed E-state index contributed by atoms with van der Waals surface area (Å²) in [6, 6.07) is 28.6. The van der Waals surface area contributed by atoms with Gasteiger partial charge in [-0.15, -0.1) is 0 Å². The van der Waals surface area contributed by atoms with Crippen LogP contribution in [0.4, 0.5) is 5.69 Å². The van der Waals surface area contributed by atoms with Crippen LogP contribution in [0.3, 0.4) is 0 Å². The normalized spacial score (nSPS) is 12.0. The lowest BCUT2D eigenvalue weighted by molar-refractivity contribution is -0.140. The van der Waals surface area contributed by atoms with Crippen molar-refractivity contribution in [3.8, 4) is 0 Å². The Morgan fingerprint density at radius 2 is 1.52 bits per heavy atom. The molecule has 0 fully saturated rings. The maximum absolute atomic E-state index is 14.4. The number of aryl methyl sites for hydroxylation is 1. The van der Waals surface area contributed by atoms with Crippen molar-refractivity contribution in [1.82, 2.24) is 10.2 Å². The van der Waals surface area contributed by atoms with Crippen molar-refractivity contribution in [2.45, 2.75) is 50.7 Å². The summed E-state index contributed by atoms with van der Waals surface area (Å²) in [6.07, 6.45) is 0.246. The first kappa shape index (κ1) is 33.2. The summed E-state index contributed by atoms with van der Waals surface area (Å²) in [4.78, 5) is 29.7. The van der Waals surface area contributed by atoms with Crippen LogP contribution >= 0.6 is 27.5 Å². The molecule has 10 heteroatoms. The van der Waals surface area contributed by atoms with E-state index in [4.69, 9.17) is 11.6 Å². The third-order valence-corrected chi connectivity index (χ3v) is 9.51. The highest BCUT2D eigenvalue weighted by molar-refractivity contribution is 9.10. The SMILES string of the molecule is Cc1cccc(N(CC(=O)N(Cc2ccc(Br)cc2)[C@H](Cc2ccccc2)C(=O)NC(C)C)S(=O)(=O)c2ccc(Cl)cc2)c1. The molecule has 7 nitrogen and oxygen atoms in total. The largest absolute Gasteiger partial charge is 0.352 e. The first-order valence-electron chi connectivity index (χ1n) is 14.2. The number of nitrogens with zero attached hydrogens (tertiary/aromatic N) is 2. The van der Waals surface area contributed by atoms with Crippen molar-refractivity contribution in [3.05, 3.63) is 129 Å². The topological polar surface area (TPSA) is 86.8 Å². The molecule has 0 aromatic heterocycles. The standard InChI is InChI=1S/C34H35BrClN3O4S/c1-24(2)37-34(41)32(21-26-9-5-4-6-10-26)38(22-27-12-14-28(35)15-13-27)33(40)23-39(30-11-7-8-25(3)20-30)44(42,43)31-18-16-29(36)17-19-31/h4-20,24,32H,21-23H2,1-3H3,(H,37,41)/t32-/m1/s1. The molecule has 0 aliphatic rings. The monoisotopic (exact) mass is 695 g/mol. The first-order chi connectivity index (χ1) is 20.9. The minimum atomic E-state index is -4.20. The molecule has 0 unspecified atom stereocenters. The number of sulfonamides is 1. The molecule has 0 heterocycles. The van der Waals surface area contributed by atoms with Crippen molar-refractivity contribution in [3.63, 3.8) is 0 Å². The van der Waals surface area contributed by atoms with E-state index in [1.54, 1.807) is 18.2 Å². The second-order valence-corrected chi connectivity index (χ2v) is 14.0. The quantitative estimate of drug-likeness (QED) is 0.177. The Balaban J connectivity index is 1.80. The van der Waals surface area contributed by atoms with E-state index in [0.29, 0.717) is 10.7 Å². The van der Waals surface area contributed by atoms with Crippen molar-refractivity contribution in [2.24, 2.45) is 0 Å². The van der Waals surface area contributed by atoms with E-state index in [1.807, 2.05) is 81.4 Å². The molecular formula is C34H35BrClN3O4S. The van der Waals surface area contributed by atoms with Gasteiger partial charge in [-0.05, 0) is 86.0 Å². The van der Waals surface area contributed by atoms with E-state index in [1.165, 1.54) is 29.2 Å².